The van der Waals surface area contributed by atoms with Crippen LogP contribution in [0.1, 0.15) is 290 Å². The van der Waals surface area contributed by atoms with E-state index in [4.69, 9.17) is 14.2 Å². The van der Waals surface area contributed by atoms with Crippen molar-refractivity contribution in [3.8, 4) is 0 Å². The Morgan fingerprint density at radius 1 is 0.253 bits per heavy atom. The summed E-state index contributed by atoms with van der Waals surface area (Å²) in [7, 11) is 0. The Morgan fingerprint density at radius 2 is 0.470 bits per heavy atom. The number of hydrogen-bond acceptors (Lipinski definition) is 6. The Morgan fingerprint density at radius 3 is 0.771 bits per heavy atom. The van der Waals surface area contributed by atoms with Crippen molar-refractivity contribution in [1.82, 2.24) is 0 Å². The van der Waals surface area contributed by atoms with Gasteiger partial charge in [-0.15, -0.1) is 0 Å². The lowest BCUT2D eigenvalue weighted by molar-refractivity contribution is -0.167. The van der Waals surface area contributed by atoms with Gasteiger partial charge >= 0.3 is 17.9 Å². The van der Waals surface area contributed by atoms with E-state index >= 15 is 0 Å². The van der Waals surface area contributed by atoms with Gasteiger partial charge in [0.05, 0.1) is 0 Å². The minimum Gasteiger partial charge on any atom is -0.462 e. The number of hydrogen-bond donors (Lipinski definition) is 0. The summed E-state index contributed by atoms with van der Waals surface area (Å²) in [6.45, 7) is 6.35. The quantitative estimate of drug-likeness (QED) is 0.0261. The summed E-state index contributed by atoms with van der Waals surface area (Å²) < 4.78 is 16.9. The monoisotopic (exact) mass is 1140 g/mol. The van der Waals surface area contributed by atoms with Crippen molar-refractivity contribution in [2.24, 2.45) is 0 Å². The molecule has 0 aliphatic rings. The average Bonchev–Trinajstić information content (AvgIpc) is 3.49. The summed E-state index contributed by atoms with van der Waals surface area (Å²) in [6, 6.07) is 0. The van der Waals surface area contributed by atoms with Crippen LogP contribution >= 0.6 is 0 Å². The third kappa shape index (κ3) is 67.7. The van der Waals surface area contributed by atoms with Crippen molar-refractivity contribution in [2.45, 2.75) is 297 Å². The van der Waals surface area contributed by atoms with E-state index in [1.54, 1.807) is 0 Å². The molecule has 0 aromatic rings. The van der Waals surface area contributed by atoms with Crippen molar-refractivity contribution in [2.75, 3.05) is 13.2 Å². The summed E-state index contributed by atoms with van der Waals surface area (Å²) in [5, 5.41) is 0. The molecule has 6 heteroatoms. The lowest BCUT2D eigenvalue weighted by Gasteiger charge is -2.18. The molecule has 0 amide bonds. The summed E-state index contributed by atoms with van der Waals surface area (Å²) in [6.07, 6.45) is 101. The van der Waals surface area contributed by atoms with E-state index in [1.165, 1.54) is 109 Å². The number of unbranched alkanes of at least 4 members (excludes halogenated alkanes) is 23. The Bertz CT molecular complexity index is 1840. The second-order valence-electron chi connectivity index (χ2n) is 22.0. The van der Waals surface area contributed by atoms with E-state index in [0.29, 0.717) is 25.7 Å². The van der Waals surface area contributed by atoms with Gasteiger partial charge in [0.2, 0.25) is 0 Å². The lowest BCUT2D eigenvalue weighted by Crippen LogP contribution is -2.30. The smallest absolute Gasteiger partial charge is 0.306 e. The Balaban J connectivity index is 4.43. The molecule has 6 nitrogen and oxygen atoms in total. The highest BCUT2D eigenvalue weighted by atomic mass is 16.6. The normalized spacial score (nSPS) is 13.1. The van der Waals surface area contributed by atoms with Gasteiger partial charge in [0.1, 0.15) is 13.2 Å². The molecule has 0 saturated heterocycles. The predicted molar refractivity (Wildman–Crippen MR) is 362 cm³/mol. The van der Waals surface area contributed by atoms with Crippen molar-refractivity contribution < 1.29 is 28.6 Å². The second kappa shape index (κ2) is 69.5. The fraction of sp³-hybridized carbons (Fsp3) is 0.623. The average molecular weight is 1150 g/mol. The molecule has 1 unspecified atom stereocenters. The van der Waals surface area contributed by atoms with E-state index in [1.807, 2.05) is 0 Å². The lowest BCUT2D eigenvalue weighted by atomic mass is 10.0. The van der Waals surface area contributed by atoms with Crippen LogP contribution in [0.2, 0.25) is 0 Å². The molecule has 468 valence electrons. The van der Waals surface area contributed by atoms with Crippen molar-refractivity contribution in [1.29, 1.82) is 0 Å². The highest BCUT2D eigenvalue weighted by Gasteiger charge is 2.19. The van der Waals surface area contributed by atoms with Gasteiger partial charge in [-0.2, -0.15) is 0 Å². The van der Waals surface area contributed by atoms with Gasteiger partial charge in [0.25, 0.3) is 0 Å². The zero-order chi connectivity index (χ0) is 59.9. The van der Waals surface area contributed by atoms with Gasteiger partial charge in [-0.05, 0) is 148 Å². The van der Waals surface area contributed by atoms with Crippen LogP contribution in [0.15, 0.2) is 158 Å². The summed E-state index contributed by atoms with van der Waals surface area (Å²) in [5.74, 6) is -0.985. The van der Waals surface area contributed by atoms with E-state index < -0.39 is 6.10 Å². The molecule has 0 rings (SSSR count). The highest BCUT2D eigenvalue weighted by Crippen LogP contribution is 2.15. The zero-order valence-corrected chi connectivity index (χ0v) is 53.7. The van der Waals surface area contributed by atoms with E-state index in [0.717, 1.165) is 135 Å². The number of rotatable bonds is 60. The Labute approximate surface area is 511 Å². The highest BCUT2D eigenvalue weighted by molar-refractivity contribution is 5.71. The van der Waals surface area contributed by atoms with Crippen LogP contribution in [-0.4, -0.2) is 37.2 Å². The predicted octanol–water partition coefficient (Wildman–Crippen LogP) is 23.7. The molecular formula is C77H124O6. The molecule has 83 heavy (non-hydrogen) atoms. The third-order valence-corrected chi connectivity index (χ3v) is 14.0. The molecule has 0 bridgehead atoms. The first-order chi connectivity index (χ1) is 41.0. The van der Waals surface area contributed by atoms with Crippen LogP contribution in [0.25, 0.3) is 0 Å². The van der Waals surface area contributed by atoms with Crippen LogP contribution in [0.4, 0.5) is 0 Å². The van der Waals surface area contributed by atoms with Crippen LogP contribution in [0.5, 0.6) is 0 Å². The van der Waals surface area contributed by atoms with E-state index in [9.17, 15) is 14.4 Å². The van der Waals surface area contributed by atoms with Gasteiger partial charge in [0, 0.05) is 19.3 Å². The zero-order valence-electron chi connectivity index (χ0n) is 53.7. The SMILES string of the molecule is CC/C=C\C/C=C\C/C=C\C/C=C\C/C=C\C/C=C\C/C=C\C/C=C\CCCCC(=O)OCC(COC(=O)CCCCC/C=C\C/C=C\C/C=C\CC)OC(=O)CCCCCCCCCCCCCCC/C=C\C/C=C\CCCCCCC. The molecule has 0 fully saturated rings. The number of esters is 3. The molecule has 1 atom stereocenters. The Hall–Kier alpha value is -4.97. The molecule has 0 N–H and O–H groups in total. The second-order valence-corrected chi connectivity index (χ2v) is 22.0. The van der Waals surface area contributed by atoms with E-state index in [2.05, 4.69) is 179 Å². The van der Waals surface area contributed by atoms with Crippen LogP contribution in [0.3, 0.4) is 0 Å². The van der Waals surface area contributed by atoms with Crippen molar-refractivity contribution in [3.63, 3.8) is 0 Å². The minimum absolute atomic E-state index is 0.113. The number of carbonyl (C=O) groups is 3. The van der Waals surface area contributed by atoms with E-state index in [-0.39, 0.29) is 31.1 Å². The molecule has 0 spiro atoms. The van der Waals surface area contributed by atoms with Gasteiger partial charge in [-0.25, -0.2) is 0 Å². The molecule has 0 aromatic carbocycles. The first kappa shape index (κ1) is 78.0. The van der Waals surface area contributed by atoms with Crippen molar-refractivity contribution in [3.05, 3.63) is 158 Å². The Kier molecular flexibility index (Phi) is 65.4. The fourth-order valence-electron chi connectivity index (χ4n) is 8.97. The van der Waals surface area contributed by atoms with Crippen molar-refractivity contribution >= 4 is 17.9 Å². The third-order valence-electron chi connectivity index (χ3n) is 14.0. The number of ether oxygens (including phenoxy) is 3. The van der Waals surface area contributed by atoms with Crippen LogP contribution in [-0.2, 0) is 28.6 Å². The molecule has 0 aliphatic heterocycles. The number of carbonyl (C=O) groups excluding carboxylic acids is 3. The largest absolute Gasteiger partial charge is 0.462 e. The van der Waals surface area contributed by atoms with Gasteiger partial charge in [0.15, 0.2) is 6.10 Å². The first-order valence-electron chi connectivity index (χ1n) is 34.0. The molecular weight excluding hydrogens is 1020 g/mol. The maximum Gasteiger partial charge on any atom is 0.306 e. The van der Waals surface area contributed by atoms with Gasteiger partial charge in [-0.3, -0.25) is 14.4 Å². The fourth-order valence-corrected chi connectivity index (χ4v) is 8.97. The van der Waals surface area contributed by atoms with Crippen LogP contribution < -0.4 is 0 Å². The summed E-state index contributed by atoms with van der Waals surface area (Å²) >= 11 is 0. The minimum atomic E-state index is -0.818. The molecule has 0 aliphatic carbocycles. The molecule has 0 heterocycles. The maximum atomic E-state index is 12.9. The van der Waals surface area contributed by atoms with Gasteiger partial charge in [-0.1, -0.05) is 281 Å². The molecule has 0 radical (unpaired) electrons. The summed E-state index contributed by atoms with van der Waals surface area (Å²) in [4.78, 5) is 38.4. The topological polar surface area (TPSA) is 78.9 Å². The van der Waals surface area contributed by atoms with Crippen LogP contribution in [0, 0.1) is 0 Å². The first-order valence-corrected chi connectivity index (χ1v) is 34.0. The summed E-state index contributed by atoms with van der Waals surface area (Å²) in [5.41, 5.74) is 0. The van der Waals surface area contributed by atoms with Gasteiger partial charge < -0.3 is 14.2 Å². The standard InChI is InChI=1S/C77H124O6/c1-4-7-10-13-16-19-22-25-27-29-31-33-35-37-38-40-41-43-45-47-49-52-55-58-61-64-67-70-76(79)82-73-74(72-81-75(78)69-66-63-60-57-54-51-24-21-18-15-12-9-6-3)83-77(80)71-68-65-62-59-56-53-50-48-46-44-42-39-36-34-32-30-28-26-23-20-17-14-11-8-5-2/h7,9-10,12,16,18-19,21,23,25-27,30-33,37-38,41,43,47,49,51,54-55,58,74H,4-6,8,11,13-15,17,20,22,24,28-29,34-36,39-40,42,44-46,48,50,52-53,56-57,59-73H2,1-3H3/b10-7-,12-9-,19-16-,21-18-,26-23-,27-25-,32-30-,33-31-,38-37-,43-41-,49-47-,54-51-,58-55-. The maximum absolute atomic E-state index is 12.9. The molecule has 0 aromatic heterocycles. The molecule has 0 saturated carbocycles. The number of allylic oxidation sites excluding steroid dienone is 26.